The third-order valence-corrected chi connectivity index (χ3v) is 2.67. The highest BCUT2D eigenvalue weighted by Gasteiger charge is 2.35. The Balaban J connectivity index is 3.31. The van der Waals surface area contributed by atoms with Crippen LogP contribution in [0.1, 0.15) is 17.3 Å². The SMILES string of the molecule is COC(=O)C(C#N)c1nc(C(F)(F)F)ccc1Br. The predicted octanol–water partition coefficient (Wildman–Crippen LogP) is 2.64. The number of hydrogen-bond donors (Lipinski definition) is 0. The van der Waals surface area contributed by atoms with Crippen molar-refractivity contribution in [1.82, 2.24) is 4.98 Å². The van der Waals surface area contributed by atoms with Crippen molar-refractivity contribution in [3.63, 3.8) is 0 Å². The predicted molar refractivity (Wildman–Crippen MR) is 57.3 cm³/mol. The number of ether oxygens (including phenoxy) is 1. The van der Waals surface area contributed by atoms with E-state index in [0.29, 0.717) is 0 Å². The van der Waals surface area contributed by atoms with Crippen LogP contribution in [0.15, 0.2) is 16.6 Å². The molecule has 1 heterocycles. The van der Waals surface area contributed by atoms with Crippen molar-refractivity contribution in [3.05, 3.63) is 28.0 Å². The molecule has 0 spiro atoms. The topological polar surface area (TPSA) is 63.0 Å². The molecule has 0 radical (unpaired) electrons. The van der Waals surface area contributed by atoms with Gasteiger partial charge < -0.3 is 4.74 Å². The molecule has 96 valence electrons. The number of alkyl halides is 3. The summed E-state index contributed by atoms with van der Waals surface area (Å²) in [5.74, 6) is -2.48. The quantitative estimate of drug-likeness (QED) is 0.785. The Labute approximate surface area is 109 Å². The number of nitriles is 1. The van der Waals surface area contributed by atoms with E-state index in [9.17, 15) is 18.0 Å². The van der Waals surface area contributed by atoms with Gasteiger partial charge in [0.2, 0.25) is 0 Å². The summed E-state index contributed by atoms with van der Waals surface area (Å²) in [6.07, 6.45) is -4.65. The van der Waals surface area contributed by atoms with Gasteiger partial charge in [-0.25, -0.2) is 4.98 Å². The second kappa shape index (κ2) is 5.35. The molecular weight excluding hydrogens is 317 g/mol. The standard InChI is InChI=1S/C10H6BrF3N2O2/c1-18-9(17)5(4-15)8-6(11)2-3-7(16-8)10(12,13)14/h2-3,5H,1H3. The van der Waals surface area contributed by atoms with Crippen molar-refractivity contribution < 1.29 is 22.7 Å². The second-order valence-electron chi connectivity index (χ2n) is 3.15. The molecule has 0 amide bonds. The molecule has 1 aromatic rings. The van der Waals surface area contributed by atoms with E-state index in [-0.39, 0.29) is 10.2 Å². The molecule has 0 saturated carbocycles. The van der Waals surface area contributed by atoms with Crippen LogP contribution < -0.4 is 0 Å². The average Bonchev–Trinajstić information content (AvgIpc) is 2.30. The van der Waals surface area contributed by atoms with Crippen LogP contribution in [0.25, 0.3) is 0 Å². The smallest absolute Gasteiger partial charge is 0.433 e. The lowest BCUT2D eigenvalue weighted by molar-refractivity contribution is -0.143. The van der Waals surface area contributed by atoms with Crippen molar-refractivity contribution >= 4 is 21.9 Å². The summed E-state index contributed by atoms with van der Waals surface area (Å²) in [5.41, 5.74) is -1.50. The summed E-state index contributed by atoms with van der Waals surface area (Å²) in [5, 5.41) is 8.81. The van der Waals surface area contributed by atoms with E-state index in [4.69, 9.17) is 5.26 Å². The summed E-state index contributed by atoms with van der Waals surface area (Å²) in [6.45, 7) is 0. The first-order valence-corrected chi connectivity index (χ1v) is 5.31. The summed E-state index contributed by atoms with van der Waals surface area (Å²) >= 11 is 2.95. The number of halogens is 4. The molecule has 1 atom stereocenters. The van der Waals surface area contributed by atoms with Crippen LogP contribution in [-0.4, -0.2) is 18.1 Å². The average molecular weight is 323 g/mol. The highest BCUT2D eigenvalue weighted by molar-refractivity contribution is 9.10. The summed E-state index contributed by atoms with van der Waals surface area (Å²) in [4.78, 5) is 14.6. The van der Waals surface area contributed by atoms with E-state index in [1.807, 2.05) is 0 Å². The molecule has 0 saturated heterocycles. The number of esters is 1. The molecule has 1 rings (SSSR count). The van der Waals surface area contributed by atoms with Gasteiger partial charge in [-0.3, -0.25) is 4.79 Å². The van der Waals surface area contributed by atoms with Gasteiger partial charge in [-0.1, -0.05) is 0 Å². The number of hydrogen-bond acceptors (Lipinski definition) is 4. The number of aromatic nitrogens is 1. The fourth-order valence-corrected chi connectivity index (χ4v) is 1.61. The minimum absolute atomic E-state index is 0.132. The number of nitrogens with zero attached hydrogens (tertiary/aromatic N) is 2. The maximum absolute atomic E-state index is 12.5. The van der Waals surface area contributed by atoms with Crippen LogP contribution in [0.4, 0.5) is 13.2 Å². The maximum Gasteiger partial charge on any atom is 0.433 e. The Morgan fingerprint density at radius 3 is 2.61 bits per heavy atom. The lowest BCUT2D eigenvalue weighted by Gasteiger charge is -2.12. The molecule has 18 heavy (non-hydrogen) atoms. The molecule has 0 N–H and O–H groups in total. The first-order chi connectivity index (χ1) is 8.31. The van der Waals surface area contributed by atoms with Gasteiger partial charge >= 0.3 is 12.1 Å². The van der Waals surface area contributed by atoms with Crippen molar-refractivity contribution in [2.45, 2.75) is 12.1 Å². The lowest BCUT2D eigenvalue weighted by atomic mass is 10.1. The first-order valence-electron chi connectivity index (χ1n) is 4.52. The minimum Gasteiger partial charge on any atom is -0.468 e. The Bertz CT molecular complexity index is 511. The van der Waals surface area contributed by atoms with Gasteiger partial charge in [-0.15, -0.1) is 0 Å². The number of pyridine rings is 1. The van der Waals surface area contributed by atoms with Crippen LogP contribution in [0.5, 0.6) is 0 Å². The zero-order valence-corrected chi connectivity index (χ0v) is 10.5. The van der Waals surface area contributed by atoms with E-state index >= 15 is 0 Å². The number of rotatable bonds is 2. The van der Waals surface area contributed by atoms with E-state index in [1.165, 1.54) is 0 Å². The van der Waals surface area contributed by atoms with Crippen LogP contribution in [0.2, 0.25) is 0 Å². The van der Waals surface area contributed by atoms with E-state index in [0.717, 1.165) is 19.2 Å². The molecule has 0 bridgehead atoms. The van der Waals surface area contributed by atoms with Crippen LogP contribution >= 0.6 is 15.9 Å². The molecule has 4 nitrogen and oxygen atoms in total. The molecular formula is C10H6BrF3N2O2. The largest absolute Gasteiger partial charge is 0.468 e. The second-order valence-corrected chi connectivity index (χ2v) is 4.00. The number of carbonyl (C=O) groups excluding carboxylic acids is 1. The van der Waals surface area contributed by atoms with Crippen molar-refractivity contribution in [2.24, 2.45) is 0 Å². The minimum atomic E-state index is -4.65. The van der Waals surface area contributed by atoms with Crippen molar-refractivity contribution in [1.29, 1.82) is 5.26 Å². The molecule has 0 aliphatic rings. The zero-order chi connectivity index (χ0) is 13.9. The zero-order valence-electron chi connectivity index (χ0n) is 8.95. The third kappa shape index (κ3) is 2.98. The number of carbonyl (C=O) groups is 1. The third-order valence-electron chi connectivity index (χ3n) is 2.00. The van der Waals surface area contributed by atoms with Crippen LogP contribution in [0.3, 0.4) is 0 Å². The van der Waals surface area contributed by atoms with Crippen LogP contribution in [-0.2, 0) is 15.7 Å². The van der Waals surface area contributed by atoms with Gasteiger partial charge in [-0.05, 0) is 28.1 Å². The maximum atomic E-state index is 12.5. The van der Waals surface area contributed by atoms with Gasteiger partial charge in [0, 0.05) is 4.47 Å². The number of methoxy groups -OCH3 is 1. The molecule has 0 fully saturated rings. The highest BCUT2D eigenvalue weighted by Crippen LogP contribution is 2.31. The van der Waals surface area contributed by atoms with E-state index in [1.54, 1.807) is 6.07 Å². The molecule has 8 heteroatoms. The fraction of sp³-hybridized carbons (Fsp3) is 0.300. The molecule has 1 unspecified atom stereocenters. The molecule has 1 aromatic heterocycles. The molecule has 0 aromatic carbocycles. The highest BCUT2D eigenvalue weighted by atomic mass is 79.9. The normalized spacial score (nSPS) is 12.7. The Morgan fingerprint density at radius 1 is 1.56 bits per heavy atom. The Morgan fingerprint density at radius 2 is 2.17 bits per heavy atom. The van der Waals surface area contributed by atoms with E-state index in [2.05, 4.69) is 25.7 Å². The molecule has 0 aliphatic heterocycles. The van der Waals surface area contributed by atoms with Crippen molar-refractivity contribution in [3.8, 4) is 6.07 Å². The summed E-state index contributed by atoms with van der Waals surface area (Å²) in [7, 11) is 1.04. The van der Waals surface area contributed by atoms with Gasteiger partial charge in [0.05, 0.1) is 18.9 Å². The summed E-state index contributed by atoms with van der Waals surface area (Å²) in [6, 6.07) is 3.39. The fourth-order valence-electron chi connectivity index (χ4n) is 1.16. The van der Waals surface area contributed by atoms with Gasteiger partial charge in [-0.2, -0.15) is 18.4 Å². The van der Waals surface area contributed by atoms with Gasteiger partial charge in [0.15, 0.2) is 5.92 Å². The van der Waals surface area contributed by atoms with Gasteiger partial charge in [0.25, 0.3) is 0 Å². The van der Waals surface area contributed by atoms with Gasteiger partial charge in [0.1, 0.15) is 5.69 Å². The van der Waals surface area contributed by atoms with E-state index < -0.39 is 23.8 Å². The molecule has 0 aliphatic carbocycles. The Hall–Kier alpha value is -1.62. The monoisotopic (exact) mass is 322 g/mol. The van der Waals surface area contributed by atoms with Crippen LogP contribution in [0, 0.1) is 11.3 Å². The summed E-state index contributed by atoms with van der Waals surface area (Å²) < 4.78 is 41.9. The Kier molecular flexibility index (Phi) is 4.29. The lowest BCUT2D eigenvalue weighted by Crippen LogP contribution is -2.17. The first kappa shape index (κ1) is 14.4. The van der Waals surface area contributed by atoms with Crippen molar-refractivity contribution in [2.75, 3.05) is 7.11 Å².